The summed E-state index contributed by atoms with van der Waals surface area (Å²) in [5.74, 6) is -1.16. The van der Waals surface area contributed by atoms with E-state index in [2.05, 4.69) is 10.3 Å². The molecule has 0 unspecified atom stereocenters. The molecule has 0 saturated carbocycles. The largest absolute Gasteiger partial charge is 0.504 e. The molecule has 0 atom stereocenters. The van der Waals surface area contributed by atoms with Gasteiger partial charge in [0.1, 0.15) is 0 Å². The van der Waals surface area contributed by atoms with E-state index in [4.69, 9.17) is 11.6 Å². The second kappa shape index (κ2) is 7.16. The Kier molecular flexibility index (Phi) is 5.07. The molecule has 5 nitrogen and oxygen atoms in total. The number of carbonyl (C=O) groups is 1. The summed E-state index contributed by atoms with van der Waals surface area (Å²) in [4.78, 5) is 16.2. The number of aliphatic imine (C=N–C) groups is 1. The molecule has 1 amide bonds. The molecular formula is C17H10ClF3N2O3S. The summed E-state index contributed by atoms with van der Waals surface area (Å²) < 4.78 is 38.5. The van der Waals surface area contributed by atoms with Gasteiger partial charge in [-0.3, -0.25) is 4.79 Å². The van der Waals surface area contributed by atoms with E-state index in [1.807, 2.05) is 0 Å². The molecule has 2 aromatic rings. The van der Waals surface area contributed by atoms with Crippen molar-refractivity contribution in [1.29, 1.82) is 0 Å². The Morgan fingerprint density at radius 1 is 1.11 bits per heavy atom. The molecule has 0 bridgehead atoms. The maximum atomic E-state index is 12.8. The van der Waals surface area contributed by atoms with Gasteiger partial charge in [-0.25, -0.2) is 4.99 Å². The molecule has 0 aliphatic carbocycles. The summed E-state index contributed by atoms with van der Waals surface area (Å²) in [6.45, 7) is 0. The second-order valence-electron chi connectivity index (χ2n) is 5.39. The highest BCUT2D eigenvalue weighted by Gasteiger charge is 2.31. The van der Waals surface area contributed by atoms with Gasteiger partial charge < -0.3 is 15.5 Å². The summed E-state index contributed by atoms with van der Waals surface area (Å²) in [6.07, 6.45) is -3.10. The van der Waals surface area contributed by atoms with Gasteiger partial charge in [-0.15, -0.1) is 0 Å². The Hall–Kier alpha value is -2.65. The predicted octanol–water partition coefficient (Wildman–Crippen LogP) is 4.66. The number of aromatic hydroxyl groups is 2. The molecular weight excluding hydrogens is 405 g/mol. The molecule has 3 rings (SSSR count). The van der Waals surface area contributed by atoms with Crippen LogP contribution in [0.4, 0.5) is 18.9 Å². The van der Waals surface area contributed by atoms with Crippen LogP contribution in [0.1, 0.15) is 11.1 Å². The minimum Gasteiger partial charge on any atom is -0.504 e. The first-order chi connectivity index (χ1) is 12.6. The first-order valence-corrected chi connectivity index (χ1v) is 8.51. The summed E-state index contributed by atoms with van der Waals surface area (Å²) >= 11 is 6.80. The number of phenols is 2. The highest BCUT2D eigenvalue weighted by Crippen LogP contribution is 2.37. The van der Waals surface area contributed by atoms with Crippen molar-refractivity contribution in [2.24, 2.45) is 4.99 Å². The zero-order valence-electron chi connectivity index (χ0n) is 13.2. The van der Waals surface area contributed by atoms with Crippen molar-refractivity contribution in [2.45, 2.75) is 6.18 Å². The molecule has 0 spiro atoms. The van der Waals surface area contributed by atoms with Gasteiger partial charge in [0.05, 0.1) is 21.2 Å². The van der Waals surface area contributed by atoms with Crippen molar-refractivity contribution in [3.63, 3.8) is 0 Å². The standard InChI is InChI=1S/C17H10ClF3N2O3S/c18-10-3-2-9(17(19,20)21)7-11(10)22-16-23-15(26)14(27-16)6-8-1-4-12(24)13(25)5-8/h1-7,24-25H,(H,22,23,26)/b14-6-. The molecule has 10 heteroatoms. The van der Waals surface area contributed by atoms with E-state index < -0.39 is 17.6 Å². The predicted molar refractivity (Wildman–Crippen MR) is 97.0 cm³/mol. The van der Waals surface area contributed by atoms with Crippen LogP contribution in [0.2, 0.25) is 5.02 Å². The van der Waals surface area contributed by atoms with Crippen LogP contribution in [0.5, 0.6) is 11.5 Å². The van der Waals surface area contributed by atoms with Crippen molar-refractivity contribution in [1.82, 2.24) is 5.32 Å². The van der Waals surface area contributed by atoms with Crippen LogP contribution >= 0.6 is 23.4 Å². The molecule has 1 saturated heterocycles. The summed E-state index contributed by atoms with van der Waals surface area (Å²) in [6, 6.07) is 6.72. The van der Waals surface area contributed by atoms with Crippen LogP contribution in [-0.4, -0.2) is 21.3 Å². The number of halogens is 4. The minimum absolute atomic E-state index is 0.00577. The first kappa shape index (κ1) is 19.1. The van der Waals surface area contributed by atoms with Crippen LogP contribution in [0.15, 0.2) is 46.3 Å². The number of hydrogen-bond donors (Lipinski definition) is 3. The van der Waals surface area contributed by atoms with Gasteiger partial charge >= 0.3 is 6.18 Å². The van der Waals surface area contributed by atoms with E-state index >= 15 is 0 Å². The lowest BCUT2D eigenvalue weighted by molar-refractivity contribution is -0.137. The number of amides is 1. The summed E-state index contributed by atoms with van der Waals surface area (Å²) in [5.41, 5.74) is -0.588. The zero-order chi connectivity index (χ0) is 19.8. The van der Waals surface area contributed by atoms with E-state index in [1.165, 1.54) is 24.3 Å². The number of carbonyl (C=O) groups excluding carboxylic acids is 1. The van der Waals surface area contributed by atoms with E-state index in [0.717, 1.165) is 30.0 Å². The van der Waals surface area contributed by atoms with Crippen LogP contribution < -0.4 is 5.32 Å². The van der Waals surface area contributed by atoms with Crippen LogP contribution in [0, 0.1) is 0 Å². The molecule has 140 valence electrons. The highest BCUT2D eigenvalue weighted by molar-refractivity contribution is 8.18. The molecule has 0 radical (unpaired) electrons. The van der Waals surface area contributed by atoms with Gasteiger partial charge in [-0.2, -0.15) is 13.2 Å². The molecule has 1 aliphatic heterocycles. The van der Waals surface area contributed by atoms with Crippen molar-refractivity contribution in [3.05, 3.63) is 57.5 Å². The Morgan fingerprint density at radius 2 is 1.85 bits per heavy atom. The normalized spacial score (nSPS) is 17.6. The van der Waals surface area contributed by atoms with Crippen molar-refractivity contribution < 1.29 is 28.2 Å². The molecule has 0 aromatic heterocycles. The van der Waals surface area contributed by atoms with E-state index in [1.54, 1.807) is 0 Å². The fourth-order valence-corrected chi connectivity index (χ4v) is 3.14. The number of nitrogens with zero attached hydrogens (tertiary/aromatic N) is 1. The number of amidine groups is 1. The SMILES string of the molecule is O=C1NC(=Nc2cc(C(F)(F)F)ccc2Cl)S/C1=C\c1ccc(O)c(O)c1. The highest BCUT2D eigenvalue weighted by atomic mass is 35.5. The average Bonchev–Trinajstić information content (AvgIpc) is 2.91. The van der Waals surface area contributed by atoms with Gasteiger partial charge in [-0.1, -0.05) is 17.7 Å². The lowest BCUT2D eigenvalue weighted by atomic mass is 10.2. The lowest BCUT2D eigenvalue weighted by Crippen LogP contribution is -2.19. The number of nitrogens with one attached hydrogen (secondary N) is 1. The third kappa shape index (κ3) is 4.37. The number of thioether (sulfide) groups is 1. The second-order valence-corrected chi connectivity index (χ2v) is 6.83. The maximum absolute atomic E-state index is 12.8. The number of hydrogen-bond acceptors (Lipinski definition) is 5. The van der Waals surface area contributed by atoms with Crippen molar-refractivity contribution in [2.75, 3.05) is 0 Å². The Balaban J connectivity index is 1.89. The van der Waals surface area contributed by atoms with Gasteiger partial charge in [0.25, 0.3) is 5.91 Å². The number of rotatable bonds is 2. The van der Waals surface area contributed by atoms with Crippen LogP contribution in [0.3, 0.4) is 0 Å². The van der Waals surface area contributed by atoms with Gasteiger partial charge in [0.15, 0.2) is 16.7 Å². The van der Waals surface area contributed by atoms with Crippen molar-refractivity contribution >= 4 is 46.2 Å². The van der Waals surface area contributed by atoms with E-state index in [0.29, 0.717) is 5.56 Å². The number of benzene rings is 2. The quantitative estimate of drug-likeness (QED) is 0.493. The molecule has 1 heterocycles. The number of alkyl halides is 3. The molecule has 3 N–H and O–H groups in total. The monoisotopic (exact) mass is 414 g/mol. The third-order valence-electron chi connectivity index (χ3n) is 3.44. The third-order valence-corrected chi connectivity index (χ3v) is 4.67. The first-order valence-electron chi connectivity index (χ1n) is 7.32. The molecule has 2 aromatic carbocycles. The average molecular weight is 415 g/mol. The number of phenolic OH excluding ortho intramolecular Hbond substituents is 2. The maximum Gasteiger partial charge on any atom is 0.416 e. The van der Waals surface area contributed by atoms with E-state index in [9.17, 15) is 28.2 Å². The van der Waals surface area contributed by atoms with Crippen LogP contribution in [0.25, 0.3) is 6.08 Å². The van der Waals surface area contributed by atoms with Crippen LogP contribution in [-0.2, 0) is 11.0 Å². The fourth-order valence-electron chi connectivity index (χ4n) is 2.15. The lowest BCUT2D eigenvalue weighted by Gasteiger charge is -2.08. The van der Waals surface area contributed by atoms with Gasteiger partial charge in [0.2, 0.25) is 0 Å². The van der Waals surface area contributed by atoms with Gasteiger partial charge in [0, 0.05) is 0 Å². The summed E-state index contributed by atoms with van der Waals surface area (Å²) in [7, 11) is 0. The zero-order valence-corrected chi connectivity index (χ0v) is 14.8. The Bertz CT molecular complexity index is 990. The topological polar surface area (TPSA) is 81.9 Å². The Morgan fingerprint density at radius 3 is 2.52 bits per heavy atom. The molecule has 1 aliphatic rings. The van der Waals surface area contributed by atoms with E-state index in [-0.39, 0.29) is 32.3 Å². The smallest absolute Gasteiger partial charge is 0.416 e. The minimum atomic E-state index is -4.54. The molecule has 1 fully saturated rings. The molecule has 27 heavy (non-hydrogen) atoms. The Labute approximate surface area is 160 Å². The summed E-state index contributed by atoms with van der Waals surface area (Å²) in [5, 5.41) is 21.3. The van der Waals surface area contributed by atoms with Crippen molar-refractivity contribution in [3.8, 4) is 11.5 Å². The van der Waals surface area contributed by atoms with Gasteiger partial charge in [-0.05, 0) is 53.7 Å². The fraction of sp³-hybridized carbons (Fsp3) is 0.0588.